The first kappa shape index (κ1) is 12.4. The zero-order valence-electron chi connectivity index (χ0n) is 11.6. The largest absolute Gasteiger partial charge is 0.496 e. The summed E-state index contributed by atoms with van der Waals surface area (Å²) in [6.45, 7) is 3.86. The summed E-state index contributed by atoms with van der Waals surface area (Å²) in [6.07, 6.45) is 0. The molecule has 0 fully saturated rings. The fourth-order valence-electron chi connectivity index (χ4n) is 2.30. The van der Waals surface area contributed by atoms with Gasteiger partial charge in [0, 0.05) is 23.5 Å². The number of ether oxygens (including phenoxy) is 1. The van der Waals surface area contributed by atoms with Crippen molar-refractivity contribution < 1.29 is 4.74 Å². The zero-order chi connectivity index (χ0) is 14.3. The van der Waals surface area contributed by atoms with Crippen LogP contribution in [0.25, 0.3) is 17.0 Å². The van der Waals surface area contributed by atoms with Crippen molar-refractivity contribution in [2.45, 2.75) is 13.8 Å². The fourth-order valence-corrected chi connectivity index (χ4v) is 2.30. The van der Waals surface area contributed by atoms with Crippen LogP contribution in [0.5, 0.6) is 5.75 Å². The van der Waals surface area contributed by atoms with Gasteiger partial charge in [-0.2, -0.15) is 0 Å². The van der Waals surface area contributed by atoms with E-state index >= 15 is 0 Å². The van der Waals surface area contributed by atoms with E-state index < -0.39 is 0 Å². The maximum atomic E-state index is 5.78. The molecule has 0 saturated carbocycles. The number of nitrogen functional groups attached to an aromatic ring is 1. The van der Waals surface area contributed by atoms with Crippen molar-refractivity contribution >= 4 is 11.3 Å². The minimum atomic E-state index is 0.644. The predicted molar refractivity (Wildman–Crippen MR) is 76.7 cm³/mol. The van der Waals surface area contributed by atoms with Gasteiger partial charge in [-0.15, -0.1) is 10.2 Å². The first-order valence-electron chi connectivity index (χ1n) is 6.23. The van der Waals surface area contributed by atoms with Crippen molar-refractivity contribution in [1.29, 1.82) is 0 Å². The first-order valence-corrected chi connectivity index (χ1v) is 6.23. The van der Waals surface area contributed by atoms with Crippen molar-refractivity contribution in [2.75, 3.05) is 12.8 Å². The van der Waals surface area contributed by atoms with E-state index in [0.29, 0.717) is 17.3 Å². The van der Waals surface area contributed by atoms with Gasteiger partial charge >= 0.3 is 0 Å². The Morgan fingerprint density at radius 1 is 1.15 bits per heavy atom. The molecule has 3 rings (SSSR count). The highest BCUT2D eigenvalue weighted by molar-refractivity contribution is 5.70. The van der Waals surface area contributed by atoms with Crippen LogP contribution in [-0.2, 0) is 0 Å². The van der Waals surface area contributed by atoms with Gasteiger partial charge in [0.1, 0.15) is 11.6 Å². The number of nitrogens with two attached hydrogens (primary N) is 1. The van der Waals surface area contributed by atoms with Crippen LogP contribution in [0, 0.1) is 13.8 Å². The predicted octanol–water partition coefficient (Wildman–Crippen LogP) is 2.00. The van der Waals surface area contributed by atoms with Crippen LogP contribution in [0.1, 0.15) is 11.5 Å². The number of methoxy groups -OCH3 is 1. The molecule has 0 aliphatic heterocycles. The summed E-state index contributed by atoms with van der Waals surface area (Å²) >= 11 is 0. The molecule has 20 heavy (non-hydrogen) atoms. The molecule has 2 heterocycles. The number of rotatable bonds is 2. The second-order valence-corrected chi connectivity index (χ2v) is 4.62. The van der Waals surface area contributed by atoms with Crippen LogP contribution >= 0.6 is 0 Å². The lowest BCUT2D eigenvalue weighted by molar-refractivity contribution is 0.416. The first-order chi connectivity index (χ1) is 9.60. The van der Waals surface area contributed by atoms with E-state index in [1.54, 1.807) is 13.2 Å². The molecule has 0 atom stereocenters. The van der Waals surface area contributed by atoms with E-state index in [1.807, 2.05) is 36.4 Å². The maximum Gasteiger partial charge on any atom is 0.173 e. The van der Waals surface area contributed by atoms with Crippen LogP contribution in [0.2, 0.25) is 0 Å². The highest BCUT2D eigenvalue weighted by Crippen LogP contribution is 2.31. The summed E-state index contributed by atoms with van der Waals surface area (Å²) < 4.78 is 7.28. The van der Waals surface area contributed by atoms with Gasteiger partial charge in [0.05, 0.1) is 12.7 Å². The minimum Gasteiger partial charge on any atom is -0.496 e. The Labute approximate surface area is 116 Å². The van der Waals surface area contributed by atoms with Crippen LogP contribution in [0.3, 0.4) is 0 Å². The Morgan fingerprint density at radius 2 is 1.95 bits per heavy atom. The van der Waals surface area contributed by atoms with Crippen molar-refractivity contribution in [1.82, 2.24) is 19.6 Å². The topological polar surface area (TPSA) is 78.3 Å². The molecule has 2 N–H and O–H groups in total. The number of benzene rings is 1. The molecule has 102 valence electrons. The summed E-state index contributed by atoms with van der Waals surface area (Å²) in [6, 6.07) is 7.36. The van der Waals surface area contributed by atoms with E-state index in [1.165, 1.54) is 0 Å². The Bertz CT molecular complexity index is 794. The number of hydrogen-bond acceptors (Lipinski definition) is 5. The molecule has 6 nitrogen and oxygen atoms in total. The molecule has 0 radical (unpaired) electrons. The number of hydrogen-bond donors (Lipinski definition) is 1. The molecule has 0 bridgehead atoms. The monoisotopic (exact) mass is 269 g/mol. The van der Waals surface area contributed by atoms with Gasteiger partial charge in [-0.3, -0.25) is 4.40 Å². The highest BCUT2D eigenvalue weighted by Gasteiger charge is 2.15. The average molecular weight is 269 g/mol. The summed E-state index contributed by atoms with van der Waals surface area (Å²) in [4.78, 5) is 4.45. The molecule has 0 saturated heterocycles. The van der Waals surface area contributed by atoms with Crippen LogP contribution in [-0.4, -0.2) is 26.7 Å². The van der Waals surface area contributed by atoms with Crippen molar-refractivity contribution in [3.05, 3.63) is 35.8 Å². The van der Waals surface area contributed by atoms with E-state index in [9.17, 15) is 0 Å². The quantitative estimate of drug-likeness (QED) is 0.720. The fraction of sp³-hybridized carbons (Fsp3) is 0.214. The molecule has 6 heteroatoms. The molecule has 0 unspecified atom stereocenters. The Kier molecular flexibility index (Phi) is 2.78. The van der Waals surface area contributed by atoms with Crippen molar-refractivity contribution in [3.63, 3.8) is 0 Å². The molecule has 0 aliphatic carbocycles. The molecular formula is C14H15N5O. The van der Waals surface area contributed by atoms with Gasteiger partial charge < -0.3 is 10.5 Å². The Hall–Kier alpha value is -2.63. The lowest BCUT2D eigenvalue weighted by Crippen LogP contribution is -2.00. The SMILES string of the molecule is COc1cc(N)ccc1-c1nnc2cc(C)nc(C)n12. The highest BCUT2D eigenvalue weighted by atomic mass is 16.5. The van der Waals surface area contributed by atoms with Crippen LogP contribution in [0.15, 0.2) is 24.3 Å². The minimum absolute atomic E-state index is 0.644. The summed E-state index contributed by atoms with van der Waals surface area (Å²) in [5, 5.41) is 8.46. The van der Waals surface area contributed by atoms with Crippen LogP contribution in [0.4, 0.5) is 5.69 Å². The Balaban J connectivity index is 2.30. The summed E-state index contributed by atoms with van der Waals surface area (Å²) in [7, 11) is 1.61. The van der Waals surface area contributed by atoms with Gasteiger partial charge in [0.15, 0.2) is 11.5 Å². The third-order valence-electron chi connectivity index (χ3n) is 3.15. The second kappa shape index (κ2) is 4.48. The molecule has 3 aromatic rings. The average Bonchev–Trinajstić information content (AvgIpc) is 2.82. The van der Waals surface area contributed by atoms with Gasteiger partial charge in [0.2, 0.25) is 0 Å². The third-order valence-corrected chi connectivity index (χ3v) is 3.15. The standard InChI is InChI=1S/C14H15N5O/c1-8-6-13-17-18-14(19(13)9(2)16-8)11-5-4-10(15)7-12(11)20-3/h4-7H,15H2,1-3H3. The lowest BCUT2D eigenvalue weighted by atomic mass is 10.1. The van der Waals surface area contributed by atoms with Gasteiger partial charge in [-0.25, -0.2) is 4.98 Å². The molecule has 2 aromatic heterocycles. The van der Waals surface area contributed by atoms with Crippen molar-refractivity contribution in [3.8, 4) is 17.1 Å². The number of fused-ring (bicyclic) bond motifs is 1. The van der Waals surface area contributed by atoms with Gasteiger partial charge in [-0.05, 0) is 26.0 Å². The second-order valence-electron chi connectivity index (χ2n) is 4.62. The molecule has 0 aliphatic rings. The number of aryl methyl sites for hydroxylation is 2. The molecule has 0 amide bonds. The third kappa shape index (κ3) is 1.85. The lowest BCUT2D eigenvalue weighted by Gasteiger charge is -2.09. The normalized spacial score (nSPS) is 10.9. The maximum absolute atomic E-state index is 5.78. The van der Waals surface area contributed by atoms with E-state index in [2.05, 4.69) is 15.2 Å². The number of anilines is 1. The van der Waals surface area contributed by atoms with Crippen molar-refractivity contribution in [2.24, 2.45) is 0 Å². The number of nitrogens with zero attached hydrogens (tertiary/aromatic N) is 4. The van der Waals surface area contributed by atoms with Gasteiger partial charge in [0.25, 0.3) is 0 Å². The van der Waals surface area contributed by atoms with E-state index in [-0.39, 0.29) is 0 Å². The smallest absolute Gasteiger partial charge is 0.173 e. The van der Waals surface area contributed by atoms with Crippen LogP contribution < -0.4 is 10.5 Å². The zero-order valence-corrected chi connectivity index (χ0v) is 11.6. The summed E-state index contributed by atoms with van der Waals surface area (Å²) in [5.41, 5.74) is 8.95. The van der Waals surface area contributed by atoms with E-state index in [0.717, 1.165) is 22.7 Å². The Morgan fingerprint density at radius 3 is 2.70 bits per heavy atom. The molecule has 0 spiro atoms. The number of aromatic nitrogens is 4. The molecule has 1 aromatic carbocycles. The summed E-state index contributed by atoms with van der Waals surface area (Å²) in [5.74, 6) is 2.19. The van der Waals surface area contributed by atoms with E-state index in [4.69, 9.17) is 10.5 Å². The van der Waals surface area contributed by atoms with Gasteiger partial charge in [-0.1, -0.05) is 0 Å². The molecular weight excluding hydrogens is 254 g/mol.